The van der Waals surface area contributed by atoms with E-state index in [1.54, 1.807) is 6.07 Å². The Labute approximate surface area is 69.6 Å². The van der Waals surface area contributed by atoms with Crippen molar-refractivity contribution in [2.75, 3.05) is 0 Å². The summed E-state index contributed by atoms with van der Waals surface area (Å²) in [5.41, 5.74) is 1.30. The summed E-state index contributed by atoms with van der Waals surface area (Å²) in [5, 5.41) is 0. The van der Waals surface area contributed by atoms with E-state index in [2.05, 4.69) is 4.98 Å². The highest BCUT2D eigenvalue weighted by Crippen LogP contribution is 2.16. The first kappa shape index (κ1) is 7.28. The van der Waals surface area contributed by atoms with Gasteiger partial charge in [-0.25, -0.2) is 9.37 Å². The van der Waals surface area contributed by atoms with Gasteiger partial charge in [-0.15, -0.1) is 0 Å². The molecule has 2 nitrogen and oxygen atoms in total. The molecule has 0 radical (unpaired) electrons. The third-order valence-corrected chi connectivity index (χ3v) is 2.09. The minimum atomic E-state index is -0.254. The van der Waals surface area contributed by atoms with E-state index in [0.29, 0.717) is 5.52 Å². The average molecular weight is 164 g/mol. The lowest BCUT2D eigenvalue weighted by molar-refractivity contribution is 0.637. The maximum absolute atomic E-state index is 13.1. The van der Waals surface area contributed by atoms with Crippen molar-refractivity contribution in [2.45, 2.75) is 6.92 Å². The smallest absolute Gasteiger partial charge is 0.151 e. The maximum Gasteiger partial charge on any atom is 0.151 e. The molecule has 0 saturated carbocycles. The summed E-state index contributed by atoms with van der Waals surface area (Å²) in [6.07, 6.45) is 0. The number of rotatable bonds is 0. The first-order chi connectivity index (χ1) is 5.70. The molecule has 0 aliphatic carbocycles. The molecule has 12 heavy (non-hydrogen) atoms. The molecule has 0 atom stereocenters. The molecule has 0 N–H and O–H groups in total. The quantitative estimate of drug-likeness (QED) is 0.582. The van der Waals surface area contributed by atoms with Crippen LogP contribution in [0.15, 0.2) is 18.2 Å². The van der Waals surface area contributed by atoms with Crippen LogP contribution in [-0.2, 0) is 7.05 Å². The standard InChI is InChI=1S/C9H9FN2/c1-6-11-9-7(10)4-3-5-8(9)12(6)2/h3-5H,1-2H3. The zero-order valence-corrected chi connectivity index (χ0v) is 7.00. The highest BCUT2D eigenvalue weighted by molar-refractivity contribution is 5.76. The van der Waals surface area contributed by atoms with E-state index in [9.17, 15) is 4.39 Å². The second-order valence-corrected chi connectivity index (χ2v) is 2.83. The monoisotopic (exact) mass is 164 g/mol. The van der Waals surface area contributed by atoms with Crippen molar-refractivity contribution < 1.29 is 4.39 Å². The van der Waals surface area contributed by atoms with Crippen LogP contribution < -0.4 is 0 Å². The van der Waals surface area contributed by atoms with Crippen LogP contribution in [0.25, 0.3) is 11.0 Å². The number of fused-ring (bicyclic) bond motifs is 1. The molecule has 2 aromatic rings. The largest absolute Gasteiger partial charge is 0.331 e. The predicted octanol–water partition coefficient (Wildman–Crippen LogP) is 2.02. The van der Waals surface area contributed by atoms with Crippen LogP contribution in [0.5, 0.6) is 0 Å². The zero-order chi connectivity index (χ0) is 8.72. The van der Waals surface area contributed by atoms with Gasteiger partial charge in [0.2, 0.25) is 0 Å². The summed E-state index contributed by atoms with van der Waals surface area (Å²) in [6, 6.07) is 4.98. The van der Waals surface area contributed by atoms with E-state index in [-0.39, 0.29) is 5.82 Å². The fourth-order valence-corrected chi connectivity index (χ4v) is 1.30. The maximum atomic E-state index is 13.1. The molecular weight excluding hydrogens is 155 g/mol. The minimum Gasteiger partial charge on any atom is -0.331 e. The van der Waals surface area contributed by atoms with Gasteiger partial charge in [0.15, 0.2) is 5.82 Å². The third kappa shape index (κ3) is 0.826. The number of benzene rings is 1. The molecule has 1 aromatic heterocycles. The van der Waals surface area contributed by atoms with Gasteiger partial charge >= 0.3 is 0 Å². The Morgan fingerprint density at radius 3 is 2.83 bits per heavy atom. The molecule has 0 fully saturated rings. The normalized spacial score (nSPS) is 10.9. The van der Waals surface area contributed by atoms with Crippen molar-refractivity contribution in [2.24, 2.45) is 7.05 Å². The summed E-state index contributed by atoms with van der Waals surface area (Å²) in [5.74, 6) is 0.575. The zero-order valence-electron chi connectivity index (χ0n) is 7.00. The van der Waals surface area contributed by atoms with Gasteiger partial charge in [-0.05, 0) is 19.1 Å². The first-order valence-corrected chi connectivity index (χ1v) is 3.77. The molecule has 0 amide bonds. The summed E-state index contributed by atoms with van der Waals surface area (Å²) in [6.45, 7) is 1.86. The van der Waals surface area contributed by atoms with Crippen molar-refractivity contribution in [3.05, 3.63) is 29.8 Å². The second-order valence-electron chi connectivity index (χ2n) is 2.83. The predicted molar refractivity (Wildman–Crippen MR) is 45.4 cm³/mol. The van der Waals surface area contributed by atoms with Gasteiger partial charge in [-0.3, -0.25) is 0 Å². The van der Waals surface area contributed by atoms with E-state index in [4.69, 9.17) is 0 Å². The van der Waals surface area contributed by atoms with Gasteiger partial charge < -0.3 is 4.57 Å². The Kier molecular flexibility index (Phi) is 1.40. The lowest BCUT2D eigenvalue weighted by Crippen LogP contribution is -1.89. The van der Waals surface area contributed by atoms with Gasteiger partial charge in [0.05, 0.1) is 5.52 Å². The van der Waals surface area contributed by atoms with E-state index < -0.39 is 0 Å². The number of halogens is 1. The summed E-state index contributed by atoms with van der Waals surface area (Å²) < 4.78 is 15.0. The van der Waals surface area contributed by atoms with Gasteiger partial charge in [-0.1, -0.05) is 6.07 Å². The van der Waals surface area contributed by atoms with Crippen LogP contribution >= 0.6 is 0 Å². The Hall–Kier alpha value is -1.38. The van der Waals surface area contributed by atoms with E-state index in [1.165, 1.54) is 6.07 Å². The number of para-hydroxylation sites is 1. The topological polar surface area (TPSA) is 17.8 Å². The third-order valence-electron chi connectivity index (χ3n) is 2.09. The molecule has 0 aliphatic rings. The second kappa shape index (κ2) is 2.30. The first-order valence-electron chi connectivity index (χ1n) is 3.77. The van der Waals surface area contributed by atoms with Gasteiger partial charge in [0.25, 0.3) is 0 Å². The Bertz CT molecular complexity index is 431. The summed E-state index contributed by atoms with van der Waals surface area (Å²) >= 11 is 0. The SMILES string of the molecule is Cc1nc2c(F)cccc2n1C. The van der Waals surface area contributed by atoms with Crippen LogP contribution in [-0.4, -0.2) is 9.55 Å². The van der Waals surface area contributed by atoms with Crippen LogP contribution in [0.1, 0.15) is 5.82 Å². The number of hydrogen-bond donors (Lipinski definition) is 0. The molecule has 0 bridgehead atoms. The summed E-state index contributed by atoms with van der Waals surface area (Å²) in [4.78, 5) is 4.10. The van der Waals surface area contributed by atoms with Crippen molar-refractivity contribution >= 4 is 11.0 Å². The van der Waals surface area contributed by atoms with Crippen molar-refractivity contribution in [1.29, 1.82) is 0 Å². The molecule has 1 heterocycles. The van der Waals surface area contributed by atoms with Gasteiger partial charge in [0, 0.05) is 7.05 Å². The molecule has 0 aliphatic heterocycles. The van der Waals surface area contributed by atoms with E-state index in [0.717, 1.165) is 11.3 Å². The van der Waals surface area contributed by atoms with Gasteiger partial charge in [0.1, 0.15) is 11.3 Å². The Morgan fingerprint density at radius 1 is 1.42 bits per heavy atom. The molecule has 2 rings (SSSR count). The molecule has 1 aromatic carbocycles. The fraction of sp³-hybridized carbons (Fsp3) is 0.222. The van der Waals surface area contributed by atoms with Crippen molar-refractivity contribution in [1.82, 2.24) is 9.55 Å². The number of nitrogens with zero attached hydrogens (tertiary/aromatic N) is 2. The van der Waals surface area contributed by atoms with Crippen molar-refractivity contribution in [3.63, 3.8) is 0 Å². The molecule has 62 valence electrons. The van der Waals surface area contributed by atoms with Crippen molar-refractivity contribution in [3.8, 4) is 0 Å². The lowest BCUT2D eigenvalue weighted by Gasteiger charge is -1.94. The summed E-state index contributed by atoms with van der Waals surface area (Å²) in [7, 11) is 1.88. The Balaban J connectivity index is 2.95. The molecular formula is C9H9FN2. The fourth-order valence-electron chi connectivity index (χ4n) is 1.30. The average Bonchev–Trinajstić information content (AvgIpc) is 2.32. The number of aryl methyl sites for hydroxylation is 2. The molecule has 0 saturated heterocycles. The van der Waals surface area contributed by atoms with E-state index in [1.807, 2.05) is 24.6 Å². The number of aromatic nitrogens is 2. The van der Waals surface area contributed by atoms with Crippen LogP contribution in [0, 0.1) is 12.7 Å². The molecule has 0 spiro atoms. The minimum absolute atomic E-state index is 0.254. The lowest BCUT2D eigenvalue weighted by atomic mass is 10.3. The van der Waals surface area contributed by atoms with Crippen LogP contribution in [0.2, 0.25) is 0 Å². The number of imidazole rings is 1. The Morgan fingerprint density at radius 2 is 2.17 bits per heavy atom. The molecule has 3 heteroatoms. The van der Waals surface area contributed by atoms with E-state index >= 15 is 0 Å². The molecule has 0 unspecified atom stereocenters. The van der Waals surface area contributed by atoms with Crippen LogP contribution in [0.4, 0.5) is 4.39 Å². The van der Waals surface area contributed by atoms with Crippen LogP contribution in [0.3, 0.4) is 0 Å². The number of hydrogen-bond acceptors (Lipinski definition) is 1. The highest BCUT2D eigenvalue weighted by atomic mass is 19.1. The van der Waals surface area contributed by atoms with Gasteiger partial charge in [-0.2, -0.15) is 0 Å². The highest BCUT2D eigenvalue weighted by Gasteiger charge is 2.06.